The second-order valence-electron chi connectivity index (χ2n) is 7.74. The quantitative estimate of drug-likeness (QED) is 0.831. The lowest BCUT2D eigenvalue weighted by Crippen LogP contribution is -2.48. The average Bonchev–Trinajstić information content (AvgIpc) is 2.99. The Morgan fingerprint density at radius 3 is 2.88 bits per heavy atom. The molecule has 1 spiro atoms. The highest BCUT2D eigenvalue weighted by Crippen LogP contribution is 2.44. The van der Waals surface area contributed by atoms with Crippen LogP contribution in [0.5, 0.6) is 0 Å². The lowest BCUT2D eigenvalue weighted by Gasteiger charge is -2.40. The van der Waals surface area contributed by atoms with Gasteiger partial charge in [-0.3, -0.25) is 9.78 Å². The van der Waals surface area contributed by atoms with E-state index < -0.39 is 0 Å². The van der Waals surface area contributed by atoms with Crippen LogP contribution in [0.1, 0.15) is 46.4 Å². The van der Waals surface area contributed by atoms with Crippen molar-refractivity contribution in [1.82, 2.24) is 19.9 Å². The molecule has 1 fully saturated rings. The molecule has 1 amide bonds. The number of aryl methyl sites for hydroxylation is 2. The highest BCUT2D eigenvalue weighted by atomic mass is 16.2. The second-order valence-corrected chi connectivity index (χ2v) is 7.74. The molecule has 2 aliphatic rings. The smallest absolute Gasteiger partial charge is 0.255 e. The molecule has 3 heterocycles. The van der Waals surface area contributed by atoms with E-state index >= 15 is 0 Å². The SMILES string of the molecule is Cc1ccncc1C(=O)N1CCCC2(CCc3cnc(N(C)C)nc32)C1. The maximum Gasteiger partial charge on any atom is 0.255 e. The number of hydrogen-bond acceptors (Lipinski definition) is 5. The number of aromatic nitrogens is 3. The molecule has 0 aromatic carbocycles. The highest BCUT2D eigenvalue weighted by Gasteiger charge is 2.45. The van der Waals surface area contributed by atoms with Gasteiger partial charge in [0.15, 0.2) is 0 Å². The van der Waals surface area contributed by atoms with Gasteiger partial charge in [-0.2, -0.15) is 0 Å². The number of carbonyl (C=O) groups is 1. The predicted molar refractivity (Wildman–Crippen MR) is 100 cm³/mol. The summed E-state index contributed by atoms with van der Waals surface area (Å²) in [5.41, 5.74) is 4.04. The summed E-state index contributed by atoms with van der Waals surface area (Å²) in [4.78, 5) is 30.5. The number of rotatable bonds is 2. The fraction of sp³-hybridized carbons (Fsp3) is 0.500. The van der Waals surface area contributed by atoms with Crippen molar-refractivity contribution < 1.29 is 4.79 Å². The standard InChI is InChI=1S/C20H25N5O/c1-14-6-9-21-12-16(14)18(26)25-10-4-7-20(13-25)8-5-15-11-22-19(24(2)3)23-17(15)20/h6,9,11-12H,4-5,7-8,10,13H2,1-3H3. The maximum absolute atomic E-state index is 13.1. The lowest BCUT2D eigenvalue weighted by atomic mass is 9.77. The predicted octanol–water partition coefficient (Wildman–Crippen LogP) is 2.37. The number of piperidine rings is 1. The molecule has 0 saturated carbocycles. The molecule has 1 aliphatic heterocycles. The minimum atomic E-state index is -0.0347. The number of carbonyl (C=O) groups excluding carboxylic acids is 1. The van der Waals surface area contributed by atoms with Gasteiger partial charge in [0.05, 0.1) is 11.3 Å². The van der Waals surface area contributed by atoms with Gasteiger partial charge in [-0.05, 0) is 49.8 Å². The van der Waals surface area contributed by atoms with E-state index in [1.807, 2.05) is 43.1 Å². The van der Waals surface area contributed by atoms with E-state index in [4.69, 9.17) is 4.98 Å². The lowest BCUT2D eigenvalue weighted by molar-refractivity contribution is 0.0632. The van der Waals surface area contributed by atoms with Crippen LogP contribution in [0.15, 0.2) is 24.7 Å². The second kappa shape index (κ2) is 6.34. The minimum Gasteiger partial charge on any atom is -0.347 e. The molecule has 6 nitrogen and oxygen atoms in total. The number of pyridine rings is 1. The van der Waals surface area contributed by atoms with Crippen LogP contribution in [-0.4, -0.2) is 52.9 Å². The van der Waals surface area contributed by atoms with Gasteiger partial charge in [0.2, 0.25) is 5.95 Å². The van der Waals surface area contributed by atoms with E-state index in [1.165, 1.54) is 5.56 Å². The number of nitrogens with zero attached hydrogens (tertiary/aromatic N) is 5. The molecule has 6 heteroatoms. The van der Waals surface area contributed by atoms with Crippen molar-refractivity contribution in [2.24, 2.45) is 0 Å². The van der Waals surface area contributed by atoms with Crippen molar-refractivity contribution in [3.8, 4) is 0 Å². The van der Waals surface area contributed by atoms with Gasteiger partial charge >= 0.3 is 0 Å². The summed E-state index contributed by atoms with van der Waals surface area (Å²) < 4.78 is 0. The molecule has 136 valence electrons. The first-order valence-electron chi connectivity index (χ1n) is 9.24. The van der Waals surface area contributed by atoms with E-state index in [2.05, 4.69) is 9.97 Å². The van der Waals surface area contributed by atoms with Crippen LogP contribution < -0.4 is 4.90 Å². The van der Waals surface area contributed by atoms with Crippen LogP contribution >= 0.6 is 0 Å². The average molecular weight is 351 g/mol. The molecule has 0 radical (unpaired) electrons. The summed E-state index contributed by atoms with van der Waals surface area (Å²) in [6.45, 7) is 3.50. The molecule has 4 rings (SSSR count). The number of anilines is 1. The third-order valence-electron chi connectivity index (χ3n) is 5.76. The van der Waals surface area contributed by atoms with Crippen molar-refractivity contribution in [2.75, 3.05) is 32.1 Å². The molecule has 2 aromatic rings. The Kier molecular flexibility index (Phi) is 4.13. The molecular formula is C20H25N5O. The van der Waals surface area contributed by atoms with Crippen molar-refractivity contribution >= 4 is 11.9 Å². The zero-order valence-electron chi connectivity index (χ0n) is 15.7. The van der Waals surface area contributed by atoms with E-state index in [-0.39, 0.29) is 11.3 Å². The first-order valence-corrected chi connectivity index (χ1v) is 9.24. The van der Waals surface area contributed by atoms with Crippen LogP contribution in [0, 0.1) is 6.92 Å². The van der Waals surface area contributed by atoms with Crippen molar-refractivity contribution in [3.05, 3.63) is 47.0 Å². The topological polar surface area (TPSA) is 62.2 Å². The summed E-state index contributed by atoms with van der Waals surface area (Å²) in [5, 5.41) is 0. The molecule has 1 unspecified atom stereocenters. The number of likely N-dealkylation sites (tertiary alicyclic amines) is 1. The molecular weight excluding hydrogens is 326 g/mol. The molecule has 0 N–H and O–H groups in total. The molecule has 26 heavy (non-hydrogen) atoms. The molecule has 1 saturated heterocycles. The van der Waals surface area contributed by atoms with Crippen molar-refractivity contribution in [2.45, 2.75) is 38.0 Å². The summed E-state index contributed by atoms with van der Waals surface area (Å²) in [6.07, 6.45) is 9.52. The Balaban J connectivity index is 1.65. The van der Waals surface area contributed by atoms with Gasteiger partial charge < -0.3 is 9.80 Å². The van der Waals surface area contributed by atoms with E-state index in [1.54, 1.807) is 12.4 Å². The number of amides is 1. The summed E-state index contributed by atoms with van der Waals surface area (Å²) in [7, 11) is 3.93. The fourth-order valence-electron chi connectivity index (χ4n) is 4.31. The van der Waals surface area contributed by atoms with Crippen LogP contribution in [0.3, 0.4) is 0 Å². The zero-order chi connectivity index (χ0) is 18.3. The van der Waals surface area contributed by atoms with Crippen LogP contribution in [0.2, 0.25) is 0 Å². The van der Waals surface area contributed by atoms with Gasteiger partial charge in [0.25, 0.3) is 5.91 Å². The highest BCUT2D eigenvalue weighted by molar-refractivity contribution is 5.95. The third-order valence-corrected chi connectivity index (χ3v) is 5.76. The fourth-order valence-corrected chi connectivity index (χ4v) is 4.31. The summed E-state index contributed by atoms with van der Waals surface area (Å²) >= 11 is 0. The van der Waals surface area contributed by atoms with Crippen molar-refractivity contribution in [1.29, 1.82) is 0 Å². The number of fused-ring (bicyclic) bond motifs is 2. The molecule has 1 atom stereocenters. The van der Waals surface area contributed by atoms with Crippen molar-refractivity contribution in [3.63, 3.8) is 0 Å². The largest absolute Gasteiger partial charge is 0.347 e. The molecule has 1 aliphatic carbocycles. The molecule has 2 aromatic heterocycles. The maximum atomic E-state index is 13.1. The van der Waals surface area contributed by atoms with E-state index in [0.717, 1.165) is 56.0 Å². The van der Waals surface area contributed by atoms with Gasteiger partial charge in [0.1, 0.15) is 0 Å². The van der Waals surface area contributed by atoms with Crippen LogP contribution in [-0.2, 0) is 11.8 Å². The number of hydrogen-bond donors (Lipinski definition) is 0. The Labute approximate surface area is 154 Å². The summed E-state index contributed by atoms with van der Waals surface area (Å²) in [6, 6.07) is 1.90. The molecule has 0 bridgehead atoms. The normalized spacial score (nSPS) is 21.7. The first-order chi connectivity index (χ1) is 12.5. The van der Waals surface area contributed by atoms with Crippen LogP contribution in [0.25, 0.3) is 0 Å². The Hall–Kier alpha value is -2.50. The van der Waals surface area contributed by atoms with Crippen LogP contribution in [0.4, 0.5) is 5.95 Å². The minimum absolute atomic E-state index is 0.0347. The van der Waals surface area contributed by atoms with Gasteiger partial charge in [0, 0.05) is 51.2 Å². The Morgan fingerprint density at radius 1 is 1.27 bits per heavy atom. The summed E-state index contributed by atoms with van der Waals surface area (Å²) in [5.74, 6) is 0.835. The van der Waals surface area contributed by atoms with E-state index in [0.29, 0.717) is 5.56 Å². The monoisotopic (exact) mass is 351 g/mol. The van der Waals surface area contributed by atoms with E-state index in [9.17, 15) is 4.79 Å². The third kappa shape index (κ3) is 2.73. The Bertz CT molecular complexity index is 846. The van der Waals surface area contributed by atoms with Gasteiger partial charge in [-0.15, -0.1) is 0 Å². The van der Waals surface area contributed by atoms with Gasteiger partial charge in [-0.25, -0.2) is 9.97 Å². The zero-order valence-corrected chi connectivity index (χ0v) is 15.7. The van der Waals surface area contributed by atoms with Gasteiger partial charge in [-0.1, -0.05) is 0 Å². The first kappa shape index (κ1) is 16.9. The Morgan fingerprint density at radius 2 is 2.12 bits per heavy atom.